The Morgan fingerprint density at radius 2 is 1.92 bits per heavy atom. The highest BCUT2D eigenvalue weighted by atomic mass is 16.5. The number of aliphatic imine (C=N–C) groups is 1. The summed E-state index contributed by atoms with van der Waals surface area (Å²) in [7, 11) is 0. The third kappa shape index (κ3) is 3.96. The number of hydrogen-bond acceptors (Lipinski definition) is 8. The number of ether oxygens (including phenoxy) is 1. The van der Waals surface area contributed by atoms with E-state index in [4.69, 9.17) is 30.4 Å². The van der Waals surface area contributed by atoms with Crippen LogP contribution >= 0.6 is 0 Å². The number of nitrogens with zero attached hydrogens (tertiary/aromatic N) is 6. The lowest BCUT2D eigenvalue weighted by Gasteiger charge is -2.41. The lowest BCUT2D eigenvalue weighted by atomic mass is 9.73. The number of hydrogen-bond donors (Lipinski definition) is 1. The second kappa shape index (κ2) is 9.17. The molecule has 0 amide bonds. The van der Waals surface area contributed by atoms with Gasteiger partial charge in [0.05, 0.1) is 48.2 Å². The van der Waals surface area contributed by atoms with Crippen LogP contribution in [0.1, 0.15) is 74.6 Å². The number of aromatic nitrogens is 3. The second-order valence-electron chi connectivity index (χ2n) is 11.4. The zero-order chi connectivity index (χ0) is 25.0. The van der Waals surface area contributed by atoms with Gasteiger partial charge in [-0.2, -0.15) is 0 Å². The van der Waals surface area contributed by atoms with Crippen molar-refractivity contribution in [2.24, 2.45) is 16.1 Å². The molecule has 194 valence electrons. The van der Waals surface area contributed by atoms with Crippen LogP contribution in [0.25, 0.3) is 5.57 Å². The van der Waals surface area contributed by atoms with E-state index in [0.717, 1.165) is 87.1 Å². The van der Waals surface area contributed by atoms with E-state index >= 15 is 0 Å². The van der Waals surface area contributed by atoms with E-state index in [2.05, 4.69) is 34.9 Å². The van der Waals surface area contributed by atoms with Crippen molar-refractivity contribution in [1.82, 2.24) is 15.0 Å². The van der Waals surface area contributed by atoms with Gasteiger partial charge in [0.2, 0.25) is 0 Å². The van der Waals surface area contributed by atoms with Gasteiger partial charge in [-0.15, -0.1) is 0 Å². The molecule has 4 aliphatic heterocycles. The molecular formula is C29H37N7O. The summed E-state index contributed by atoms with van der Waals surface area (Å²) in [5, 5.41) is 0. The number of aryl methyl sites for hydroxylation is 1. The van der Waals surface area contributed by atoms with Gasteiger partial charge in [-0.05, 0) is 76.0 Å². The summed E-state index contributed by atoms with van der Waals surface area (Å²) < 4.78 is 5.89. The summed E-state index contributed by atoms with van der Waals surface area (Å²) >= 11 is 0. The summed E-state index contributed by atoms with van der Waals surface area (Å²) in [4.78, 5) is 24.7. The molecule has 8 heteroatoms. The zero-order valence-corrected chi connectivity index (χ0v) is 21.8. The highest BCUT2D eigenvalue weighted by Gasteiger charge is 2.47. The van der Waals surface area contributed by atoms with Crippen LogP contribution in [0.15, 0.2) is 29.4 Å². The first-order valence-electron chi connectivity index (χ1n) is 14.1. The number of nitrogens with two attached hydrogens (primary N) is 1. The fraction of sp³-hybridized carbons (Fsp3) is 0.586. The normalized spacial score (nSPS) is 26.6. The molecule has 7 rings (SSSR count). The largest absolute Gasteiger partial charge is 0.376 e. The Bertz CT molecular complexity index is 1260. The highest BCUT2D eigenvalue weighted by Crippen LogP contribution is 2.42. The number of allylic oxidation sites excluding steroid dienone is 2. The second-order valence-corrected chi connectivity index (χ2v) is 11.4. The van der Waals surface area contributed by atoms with E-state index in [1.165, 1.54) is 36.2 Å². The summed E-state index contributed by atoms with van der Waals surface area (Å²) in [5.74, 6) is 1.90. The Morgan fingerprint density at radius 1 is 1.03 bits per heavy atom. The SMILES string of the molecule is C[C@@H]1OCC2(CCN(c3cnc4c(n3)CN=C4N3CCCc4nc(C5=CCCCC5)ccc43)CC2)[C@@H]1N. The van der Waals surface area contributed by atoms with Crippen molar-refractivity contribution in [1.29, 1.82) is 0 Å². The van der Waals surface area contributed by atoms with Crippen molar-refractivity contribution in [2.45, 2.75) is 77.0 Å². The molecule has 2 fully saturated rings. The van der Waals surface area contributed by atoms with Crippen molar-refractivity contribution in [2.75, 3.05) is 36.0 Å². The summed E-state index contributed by atoms with van der Waals surface area (Å²) in [6, 6.07) is 4.57. The van der Waals surface area contributed by atoms with Crippen molar-refractivity contribution in [3.63, 3.8) is 0 Å². The number of pyridine rings is 1. The first kappa shape index (κ1) is 23.3. The lowest BCUT2D eigenvalue weighted by Crippen LogP contribution is -2.50. The van der Waals surface area contributed by atoms with Gasteiger partial charge in [-0.25, -0.2) is 9.97 Å². The number of fused-ring (bicyclic) bond motifs is 2. The maximum Gasteiger partial charge on any atom is 0.156 e. The summed E-state index contributed by atoms with van der Waals surface area (Å²) in [6.07, 6.45) is 13.5. The first-order valence-corrected chi connectivity index (χ1v) is 14.1. The molecule has 2 atom stereocenters. The van der Waals surface area contributed by atoms with Crippen molar-refractivity contribution in [3.8, 4) is 0 Å². The van der Waals surface area contributed by atoms with Crippen LogP contribution in [0.2, 0.25) is 0 Å². The van der Waals surface area contributed by atoms with Gasteiger partial charge in [0.25, 0.3) is 0 Å². The molecule has 1 spiro atoms. The number of amidine groups is 1. The Balaban J connectivity index is 1.09. The lowest BCUT2D eigenvalue weighted by molar-refractivity contribution is 0.0974. The smallest absolute Gasteiger partial charge is 0.156 e. The Kier molecular flexibility index (Phi) is 5.77. The van der Waals surface area contributed by atoms with Gasteiger partial charge in [-0.3, -0.25) is 9.98 Å². The molecule has 2 aromatic heterocycles. The van der Waals surface area contributed by atoms with Crippen LogP contribution in [0, 0.1) is 5.41 Å². The van der Waals surface area contributed by atoms with Crippen molar-refractivity contribution < 1.29 is 4.74 Å². The van der Waals surface area contributed by atoms with E-state index in [1.54, 1.807) is 0 Å². The molecule has 5 aliphatic rings. The summed E-state index contributed by atoms with van der Waals surface area (Å²) in [6.45, 7) is 6.28. The predicted octanol–water partition coefficient (Wildman–Crippen LogP) is 3.87. The molecule has 2 saturated heterocycles. The zero-order valence-electron chi connectivity index (χ0n) is 21.8. The average Bonchev–Trinajstić information content (AvgIpc) is 3.50. The minimum absolute atomic E-state index is 0.111. The molecule has 8 nitrogen and oxygen atoms in total. The van der Waals surface area contributed by atoms with Gasteiger partial charge < -0.3 is 20.3 Å². The number of rotatable bonds is 2. The van der Waals surface area contributed by atoms with Gasteiger partial charge >= 0.3 is 0 Å². The fourth-order valence-electron chi connectivity index (χ4n) is 6.88. The van der Waals surface area contributed by atoms with Gasteiger partial charge in [0, 0.05) is 31.1 Å². The maximum atomic E-state index is 6.51. The van der Waals surface area contributed by atoms with Crippen LogP contribution in [0.4, 0.5) is 11.5 Å². The first-order chi connectivity index (χ1) is 18.1. The third-order valence-corrected chi connectivity index (χ3v) is 9.26. The monoisotopic (exact) mass is 499 g/mol. The summed E-state index contributed by atoms with van der Waals surface area (Å²) in [5.41, 5.74) is 13.4. The quantitative estimate of drug-likeness (QED) is 0.670. The molecule has 37 heavy (non-hydrogen) atoms. The van der Waals surface area contributed by atoms with E-state index in [1.807, 2.05) is 6.20 Å². The van der Waals surface area contributed by atoms with Crippen LogP contribution < -0.4 is 15.5 Å². The van der Waals surface area contributed by atoms with Crippen LogP contribution in [-0.2, 0) is 17.7 Å². The van der Waals surface area contributed by atoms with Crippen LogP contribution in [-0.4, -0.2) is 59.2 Å². The third-order valence-electron chi connectivity index (χ3n) is 9.26. The Hall–Kier alpha value is -2.84. The number of anilines is 2. The minimum Gasteiger partial charge on any atom is -0.376 e. The van der Waals surface area contributed by atoms with E-state index < -0.39 is 0 Å². The fourth-order valence-corrected chi connectivity index (χ4v) is 6.88. The topological polar surface area (TPSA) is 92.8 Å². The van der Waals surface area contributed by atoms with Gasteiger partial charge in [0.15, 0.2) is 5.84 Å². The predicted molar refractivity (Wildman–Crippen MR) is 146 cm³/mol. The molecule has 1 aliphatic carbocycles. The Morgan fingerprint density at radius 3 is 2.70 bits per heavy atom. The molecule has 0 aromatic carbocycles. The number of piperidine rings is 1. The molecule has 0 saturated carbocycles. The molecular weight excluding hydrogens is 462 g/mol. The van der Waals surface area contributed by atoms with E-state index in [0.29, 0.717) is 6.54 Å². The van der Waals surface area contributed by atoms with Gasteiger partial charge in [-0.1, -0.05) is 6.08 Å². The molecule has 6 heterocycles. The van der Waals surface area contributed by atoms with Gasteiger partial charge in [0.1, 0.15) is 11.5 Å². The molecule has 0 bridgehead atoms. The van der Waals surface area contributed by atoms with Crippen molar-refractivity contribution >= 4 is 22.9 Å². The maximum absolute atomic E-state index is 6.51. The van der Waals surface area contributed by atoms with Crippen molar-refractivity contribution in [3.05, 3.63) is 47.2 Å². The van der Waals surface area contributed by atoms with Crippen LogP contribution in [0.5, 0.6) is 0 Å². The minimum atomic E-state index is 0.111. The molecule has 0 unspecified atom stereocenters. The standard InChI is InChI=1S/C29H37N7O/c1-19-27(30)29(18-37-19)11-14-35(15-12-29)25-17-31-26-23(34-25)16-32-28(26)36-13-5-8-22-24(36)10-9-21(33-22)20-6-3-2-4-7-20/h6,9-10,17,19,27H,2-5,7-8,11-16,18,30H2,1H3/t19-,27+/m0/s1. The molecule has 0 radical (unpaired) electrons. The van der Waals surface area contributed by atoms with E-state index in [9.17, 15) is 0 Å². The van der Waals surface area contributed by atoms with Crippen LogP contribution in [0.3, 0.4) is 0 Å². The highest BCUT2D eigenvalue weighted by molar-refractivity contribution is 6.11. The average molecular weight is 500 g/mol. The Labute approximate surface area is 219 Å². The van der Waals surface area contributed by atoms with E-state index in [-0.39, 0.29) is 17.6 Å². The molecule has 2 N–H and O–H groups in total. The molecule has 2 aromatic rings.